The Morgan fingerprint density at radius 2 is 1.83 bits per heavy atom. The predicted molar refractivity (Wildman–Crippen MR) is 50.3 cm³/mol. The van der Waals surface area contributed by atoms with Gasteiger partial charge < -0.3 is 5.11 Å². The van der Waals surface area contributed by atoms with Crippen LogP contribution in [0.25, 0.3) is 6.08 Å². The van der Waals surface area contributed by atoms with E-state index in [2.05, 4.69) is 0 Å². The summed E-state index contributed by atoms with van der Waals surface area (Å²) < 4.78 is 0. The summed E-state index contributed by atoms with van der Waals surface area (Å²) >= 11 is 0. The molecule has 1 aromatic carbocycles. The molecule has 12 heavy (non-hydrogen) atoms. The van der Waals surface area contributed by atoms with Crippen LogP contribution in [0.15, 0.2) is 36.4 Å². The van der Waals surface area contributed by atoms with Crippen molar-refractivity contribution in [1.29, 1.82) is 0 Å². The maximum absolute atomic E-state index is 10.1. The van der Waals surface area contributed by atoms with Gasteiger partial charge in [-0.1, -0.05) is 30.3 Å². The second-order valence-corrected chi connectivity index (χ2v) is 2.08. The maximum atomic E-state index is 10.1. The first-order chi connectivity index (χ1) is 5.29. The topological polar surface area (TPSA) is 37.3 Å². The molecule has 0 amide bonds. The van der Waals surface area contributed by atoms with Crippen molar-refractivity contribution in [2.75, 3.05) is 0 Å². The zero-order chi connectivity index (χ0) is 8.10. The first-order valence-corrected chi connectivity index (χ1v) is 3.25. The molecule has 0 spiro atoms. The molecule has 1 aromatic rings. The molecule has 0 aliphatic carbocycles. The SMILES string of the molecule is O=C(O)/C=C/c1ccccc1.[LiH]. The molecule has 2 nitrogen and oxygen atoms in total. The molecular formula is C9H9LiO2. The Hall–Kier alpha value is -0.973. The summed E-state index contributed by atoms with van der Waals surface area (Å²) in [7, 11) is 0. The van der Waals surface area contributed by atoms with Gasteiger partial charge >= 0.3 is 24.8 Å². The number of hydrogen-bond donors (Lipinski definition) is 1. The molecule has 0 aliphatic rings. The molecule has 0 radical (unpaired) electrons. The second kappa shape index (κ2) is 5.65. The van der Waals surface area contributed by atoms with Gasteiger partial charge in [-0.15, -0.1) is 0 Å². The monoisotopic (exact) mass is 156 g/mol. The molecule has 3 heteroatoms. The Morgan fingerprint density at radius 1 is 1.25 bits per heavy atom. The molecule has 58 valence electrons. The second-order valence-electron chi connectivity index (χ2n) is 2.08. The first kappa shape index (κ1) is 11.0. The van der Waals surface area contributed by atoms with E-state index in [4.69, 9.17) is 5.11 Å². The summed E-state index contributed by atoms with van der Waals surface area (Å²) in [6, 6.07) is 9.31. The summed E-state index contributed by atoms with van der Waals surface area (Å²) in [6.07, 6.45) is 2.68. The molecule has 1 rings (SSSR count). The van der Waals surface area contributed by atoms with Gasteiger partial charge in [-0.3, -0.25) is 0 Å². The van der Waals surface area contributed by atoms with Crippen LogP contribution < -0.4 is 0 Å². The molecular weight excluding hydrogens is 147 g/mol. The van der Waals surface area contributed by atoms with Crippen LogP contribution in [0.5, 0.6) is 0 Å². The summed E-state index contributed by atoms with van der Waals surface area (Å²) in [6.45, 7) is 0. The van der Waals surface area contributed by atoms with E-state index < -0.39 is 5.97 Å². The fourth-order valence-electron chi connectivity index (χ4n) is 0.732. The van der Waals surface area contributed by atoms with E-state index >= 15 is 0 Å². The zero-order valence-electron chi connectivity index (χ0n) is 5.90. The Kier molecular flexibility index (Phi) is 5.19. The van der Waals surface area contributed by atoms with Gasteiger partial charge in [-0.05, 0) is 11.6 Å². The number of benzene rings is 1. The van der Waals surface area contributed by atoms with E-state index in [9.17, 15) is 4.79 Å². The van der Waals surface area contributed by atoms with E-state index in [0.717, 1.165) is 11.6 Å². The third-order valence-electron chi connectivity index (χ3n) is 1.22. The number of carboxylic acid groups (broad SMARTS) is 1. The van der Waals surface area contributed by atoms with Gasteiger partial charge in [0.05, 0.1) is 0 Å². The molecule has 0 aromatic heterocycles. The Balaban J connectivity index is 0.00000121. The van der Waals surface area contributed by atoms with Crippen LogP contribution in [0.1, 0.15) is 5.56 Å². The van der Waals surface area contributed by atoms with Crippen molar-refractivity contribution in [3.05, 3.63) is 42.0 Å². The summed E-state index contributed by atoms with van der Waals surface area (Å²) in [5.74, 6) is -0.922. The molecule has 0 atom stereocenters. The van der Waals surface area contributed by atoms with E-state index in [1.807, 2.05) is 30.3 Å². The van der Waals surface area contributed by atoms with Gasteiger partial charge in [0.2, 0.25) is 0 Å². The number of rotatable bonds is 2. The van der Waals surface area contributed by atoms with Crippen molar-refractivity contribution >= 4 is 30.9 Å². The molecule has 0 unspecified atom stereocenters. The van der Waals surface area contributed by atoms with Gasteiger partial charge in [-0.2, -0.15) is 0 Å². The minimum atomic E-state index is -0.922. The van der Waals surface area contributed by atoms with Crippen molar-refractivity contribution in [1.82, 2.24) is 0 Å². The predicted octanol–water partition coefficient (Wildman–Crippen LogP) is 1.14. The quantitative estimate of drug-likeness (QED) is 0.514. The fourth-order valence-corrected chi connectivity index (χ4v) is 0.732. The van der Waals surface area contributed by atoms with E-state index in [-0.39, 0.29) is 18.9 Å². The Labute approximate surface area is 83.1 Å². The molecule has 0 heterocycles. The Morgan fingerprint density at radius 3 is 2.33 bits per heavy atom. The average Bonchev–Trinajstić information content (AvgIpc) is 2.03. The average molecular weight is 156 g/mol. The van der Waals surface area contributed by atoms with E-state index in [1.54, 1.807) is 6.08 Å². The van der Waals surface area contributed by atoms with Crippen molar-refractivity contribution in [2.24, 2.45) is 0 Å². The van der Waals surface area contributed by atoms with Gasteiger partial charge in [0.1, 0.15) is 0 Å². The van der Waals surface area contributed by atoms with Gasteiger partial charge in [-0.25, -0.2) is 4.79 Å². The van der Waals surface area contributed by atoms with Gasteiger partial charge in [0.15, 0.2) is 0 Å². The van der Waals surface area contributed by atoms with Crippen molar-refractivity contribution < 1.29 is 9.90 Å². The summed E-state index contributed by atoms with van der Waals surface area (Å²) in [5, 5.41) is 8.29. The molecule has 1 N–H and O–H groups in total. The van der Waals surface area contributed by atoms with Gasteiger partial charge in [0, 0.05) is 6.08 Å². The van der Waals surface area contributed by atoms with E-state index in [0.29, 0.717) is 0 Å². The molecule has 0 bridgehead atoms. The van der Waals surface area contributed by atoms with Crippen molar-refractivity contribution in [3.63, 3.8) is 0 Å². The van der Waals surface area contributed by atoms with Crippen LogP contribution in [0.2, 0.25) is 0 Å². The molecule has 0 aliphatic heterocycles. The standard InChI is InChI=1S/C9H8O2.Li.H/c10-9(11)7-6-8-4-2-1-3-5-8;;/h1-7H,(H,10,11);;/b7-6+;;. The number of carbonyl (C=O) groups is 1. The van der Waals surface area contributed by atoms with E-state index in [1.165, 1.54) is 0 Å². The number of carboxylic acids is 1. The van der Waals surface area contributed by atoms with Crippen LogP contribution in [0.4, 0.5) is 0 Å². The molecule has 0 saturated heterocycles. The summed E-state index contributed by atoms with van der Waals surface area (Å²) in [4.78, 5) is 10.1. The van der Waals surface area contributed by atoms with Crippen LogP contribution in [-0.4, -0.2) is 29.9 Å². The third kappa shape index (κ3) is 4.02. The number of aliphatic carboxylic acids is 1. The van der Waals surface area contributed by atoms with Crippen LogP contribution >= 0.6 is 0 Å². The van der Waals surface area contributed by atoms with Crippen LogP contribution in [0, 0.1) is 0 Å². The third-order valence-corrected chi connectivity index (χ3v) is 1.22. The van der Waals surface area contributed by atoms with Crippen LogP contribution in [0.3, 0.4) is 0 Å². The molecule has 0 saturated carbocycles. The van der Waals surface area contributed by atoms with Crippen molar-refractivity contribution in [3.8, 4) is 0 Å². The van der Waals surface area contributed by atoms with Gasteiger partial charge in [0.25, 0.3) is 0 Å². The minimum absolute atomic E-state index is 0. The Bertz CT molecular complexity index is 267. The first-order valence-electron chi connectivity index (χ1n) is 3.25. The zero-order valence-corrected chi connectivity index (χ0v) is 5.90. The van der Waals surface area contributed by atoms with Crippen molar-refractivity contribution in [2.45, 2.75) is 0 Å². The number of hydrogen-bond acceptors (Lipinski definition) is 1. The summed E-state index contributed by atoms with van der Waals surface area (Å²) in [5.41, 5.74) is 0.898. The fraction of sp³-hybridized carbons (Fsp3) is 0. The normalized spacial score (nSPS) is 9.33. The van der Waals surface area contributed by atoms with Crippen LogP contribution in [-0.2, 0) is 4.79 Å². The molecule has 0 fully saturated rings.